The van der Waals surface area contributed by atoms with Gasteiger partial charge in [-0.3, -0.25) is 4.79 Å². The first kappa shape index (κ1) is 31.8. The third-order valence-electron chi connectivity index (χ3n) is 9.25. The number of amides is 1. The van der Waals surface area contributed by atoms with Gasteiger partial charge >= 0.3 is 6.01 Å². The molecule has 7 nitrogen and oxygen atoms in total. The van der Waals surface area contributed by atoms with Crippen LogP contribution in [0.5, 0.6) is 11.8 Å². The molecule has 0 fully saturated rings. The van der Waals surface area contributed by atoms with E-state index in [1.54, 1.807) is 7.11 Å². The first-order chi connectivity index (χ1) is 24.2. The van der Waals surface area contributed by atoms with Crippen LogP contribution in [0.1, 0.15) is 36.0 Å². The number of hydrogen-bond acceptors (Lipinski definition) is 6. The van der Waals surface area contributed by atoms with Crippen LogP contribution in [0, 0.1) is 0 Å². The SMILES string of the molecule is COc1ccc(CCNC(=O)C2(CCCCOc3nnc(-c4ccccc4)c(-c4ccccc4)n3)c3ccccc3-c3ccccc32)cc1. The van der Waals surface area contributed by atoms with Crippen LogP contribution in [-0.4, -0.2) is 41.3 Å². The molecule has 1 amide bonds. The maximum atomic E-state index is 14.4. The molecule has 1 aliphatic rings. The Morgan fingerprint density at radius 1 is 0.673 bits per heavy atom. The highest BCUT2D eigenvalue weighted by atomic mass is 16.5. The van der Waals surface area contributed by atoms with Gasteiger partial charge in [-0.1, -0.05) is 126 Å². The van der Waals surface area contributed by atoms with Gasteiger partial charge < -0.3 is 14.8 Å². The summed E-state index contributed by atoms with van der Waals surface area (Å²) in [6.45, 7) is 0.937. The van der Waals surface area contributed by atoms with Gasteiger partial charge in [-0.25, -0.2) is 0 Å². The molecule has 244 valence electrons. The Balaban J connectivity index is 1.07. The number of aromatic nitrogens is 3. The highest BCUT2D eigenvalue weighted by Crippen LogP contribution is 2.51. The summed E-state index contributed by atoms with van der Waals surface area (Å²) in [5.74, 6) is 0.842. The zero-order valence-corrected chi connectivity index (χ0v) is 27.5. The minimum Gasteiger partial charge on any atom is -0.497 e. The molecule has 1 aromatic heterocycles. The van der Waals surface area contributed by atoms with Crippen LogP contribution in [0.4, 0.5) is 0 Å². The smallest absolute Gasteiger partial charge is 0.336 e. The van der Waals surface area contributed by atoms with Gasteiger partial charge in [0.05, 0.1) is 13.7 Å². The predicted octanol–water partition coefficient (Wildman–Crippen LogP) is 8.09. The summed E-state index contributed by atoms with van der Waals surface area (Å²) in [6, 6.07) is 44.7. The number of hydrogen-bond donors (Lipinski definition) is 1. The third kappa shape index (κ3) is 6.52. The van der Waals surface area contributed by atoms with Gasteiger partial charge in [0.15, 0.2) is 0 Å². The molecule has 49 heavy (non-hydrogen) atoms. The maximum absolute atomic E-state index is 14.4. The molecular formula is C42H38N4O3. The van der Waals surface area contributed by atoms with Crippen molar-refractivity contribution in [2.24, 2.45) is 0 Å². The van der Waals surface area contributed by atoms with Gasteiger partial charge in [0, 0.05) is 17.7 Å². The second kappa shape index (κ2) is 14.5. The lowest BCUT2D eigenvalue weighted by Crippen LogP contribution is -2.45. The second-order valence-electron chi connectivity index (χ2n) is 12.2. The van der Waals surface area contributed by atoms with Crippen LogP contribution in [-0.2, 0) is 16.6 Å². The van der Waals surface area contributed by atoms with Crippen LogP contribution >= 0.6 is 0 Å². The van der Waals surface area contributed by atoms with Gasteiger partial charge in [-0.2, -0.15) is 4.98 Å². The fourth-order valence-electron chi connectivity index (χ4n) is 6.83. The Morgan fingerprint density at radius 3 is 1.90 bits per heavy atom. The lowest BCUT2D eigenvalue weighted by Gasteiger charge is -2.31. The minimum atomic E-state index is -0.803. The van der Waals surface area contributed by atoms with Gasteiger partial charge in [0.25, 0.3) is 0 Å². The number of methoxy groups -OCH3 is 1. The summed E-state index contributed by atoms with van der Waals surface area (Å²) in [5.41, 5.74) is 7.99. The Labute approximate surface area is 287 Å². The van der Waals surface area contributed by atoms with E-state index in [0.29, 0.717) is 25.3 Å². The number of nitrogens with zero attached hydrogens (tertiary/aromatic N) is 3. The summed E-state index contributed by atoms with van der Waals surface area (Å²) in [6.07, 6.45) is 2.84. The molecule has 1 aliphatic carbocycles. The van der Waals surface area contributed by atoms with Gasteiger partial charge in [0.2, 0.25) is 5.91 Å². The molecule has 0 saturated carbocycles. The zero-order chi connectivity index (χ0) is 33.5. The number of unbranched alkanes of at least 4 members (excludes halogenated alkanes) is 1. The van der Waals surface area contributed by atoms with E-state index in [2.05, 4.69) is 39.8 Å². The van der Waals surface area contributed by atoms with E-state index in [4.69, 9.17) is 14.5 Å². The van der Waals surface area contributed by atoms with Crippen molar-refractivity contribution in [1.82, 2.24) is 20.5 Å². The molecule has 6 aromatic rings. The molecule has 0 aliphatic heterocycles. The molecule has 0 radical (unpaired) electrons. The summed E-state index contributed by atoms with van der Waals surface area (Å²) < 4.78 is 11.4. The number of benzene rings is 5. The number of fused-ring (bicyclic) bond motifs is 3. The van der Waals surface area contributed by atoms with Crippen molar-refractivity contribution in [1.29, 1.82) is 0 Å². The lowest BCUT2D eigenvalue weighted by atomic mass is 9.73. The summed E-state index contributed by atoms with van der Waals surface area (Å²) in [5, 5.41) is 12.2. The molecule has 0 atom stereocenters. The number of nitrogens with one attached hydrogen (secondary N) is 1. The van der Waals surface area contributed by atoms with Crippen molar-refractivity contribution in [2.75, 3.05) is 20.3 Å². The first-order valence-corrected chi connectivity index (χ1v) is 16.8. The summed E-state index contributed by atoms with van der Waals surface area (Å²) >= 11 is 0. The Kier molecular flexibility index (Phi) is 9.41. The fraction of sp³-hybridized carbons (Fsp3) is 0.190. The van der Waals surface area contributed by atoms with E-state index >= 15 is 0 Å². The van der Waals surface area contributed by atoms with Gasteiger partial charge in [0.1, 0.15) is 22.6 Å². The largest absolute Gasteiger partial charge is 0.497 e. The van der Waals surface area contributed by atoms with E-state index < -0.39 is 5.41 Å². The Morgan fingerprint density at radius 2 is 1.27 bits per heavy atom. The topological polar surface area (TPSA) is 86.2 Å². The van der Waals surface area contributed by atoms with E-state index in [1.807, 2.05) is 109 Å². The van der Waals surface area contributed by atoms with Crippen molar-refractivity contribution in [2.45, 2.75) is 31.1 Å². The van der Waals surface area contributed by atoms with Crippen molar-refractivity contribution in [3.63, 3.8) is 0 Å². The van der Waals surface area contributed by atoms with Crippen molar-refractivity contribution >= 4 is 5.91 Å². The van der Waals surface area contributed by atoms with Crippen LogP contribution < -0.4 is 14.8 Å². The molecule has 1 N–H and O–H groups in total. The standard InChI is InChI=1S/C42H38N4O3/c1-48-33-24-22-30(23-25-33)26-28-43-40(47)42(36-20-10-8-18-34(36)35-19-9-11-21-37(35)42)27-12-13-29-49-41-44-38(31-14-4-2-5-15-31)39(45-46-41)32-16-6-3-7-17-32/h2-11,14-25H,12-13,26-29H2,1H3,(H,43,47). The average Bonchev–Trinajstić information content (AvgIpc) is 3.46. The Bertz CT molecular complexity index is 1990. The lowest BCUT2D eigenvalue weighted by molar-refractivity contribution is -0.125. The van der Waals surface area contributed by atoms with Crippen molar-refractivity contribution in [3.05, 3.63) is 150 Å². The number of carbonyl (C=O) groups excluding carboxylic acids is 1. The van der Waals surface area contributed by atoms with E-state index in [9.17, 15) is 4.79 Å². The van der Waals surface area contributed by atoms with E-state index in [0.717, 1.165) is 69.7 Å². The summed E-state index contributed by atoms with van der Waals surface area (Å²) in [4.78, 5) is 19.2. The molecule has 0 unspecified atom stereocenters. The molecule has 0 bridgehead atoms. The van der Waals surface area contributed by atoms with E-state index in [-0.39, 0.29) is 11.9 Å². The van der Waals surface area contributed by atoms with Crippen LogP contribution in [0.3, 0.4) is 0 Å². The third-order valence-corrected chi connectivity index (χ3v) is 9.25. The molecule has 5 aromatic carbocycles. The molecule has 0 saturated heterocycles. The second-order valence-corrected chi connectivity index (χ2v) is 12.2. The molecule has 1 heterocycles. The van der Waals surface area contributed by atoms with Crippen LogP contribution in [0.25, 0.3) is 33.6 Å². The summed E-state index contributed by atoms with van der Waals surface area (Å²) in [7, 11) is 1.66. The van der Waals surface area contributed by atoms with Gasteiger partial charge in [-0.05, 0) is 65.6 Å². The molecular weight excluding hydrogens is 608 g/mol. The van der Waals surface area contributed by atoms with Gasteiger partial charge in [-0.15, -0.1) is 5.10 Å². The fourth-order valence-corrected chi connectivity index (χ4v) is 6.83. The number of rotatable bonds is 13. The van der Waals surface area contributed by atoms with Crippen LogP contribution in [0.15, 0.2) is 133 Å². The molecule has 7 rings (SSSR count). The monoisotopic (exact) mass is 646 g/mol. The van der Waals surface area contributed by atoms with Crippen LogP contribution in [0.2, 0.25) is 0 Å². The highest BCUT2D eigenvalue weighted by molar-refractivity contribution is 6.00. The first-order valence-electron chi connectivity index (χ1n) is 16.8. The maximum Gasteiger partial charge on any atom is 0.336 e. The van der Waals surface area contributed by atoms with Crippen molar-refractivity contribution in [3.8, 4) is 45.4 Å². The normalized spacial score (nSPS) is 12.5. The zero-order valence-electron chi connectivity index (χ0n) is 27.5. The minimum absolute atomic E-state index is 0.0240. The molecule has 7 heteroatoms. The van der Waals surface area contributed by atoms with E-state index in [1.165, 1.54) is 0 Å². The predicted molar refractivity (Wildman–Crippen MR) is 192 cm³/mol. The average molecular weight is 647 g/mol. The number of ether oxygens (including phenoxy) is 2. The Hall–Kier alpha value is -5.82. The number of carbonyl (C=O) groups is 1. The molecule has 0 spiro atoms. The quantitative estimate of drug-likeness (QED) is 0.128. The highest BCUT2D eigenvalue weighted by Gasteiger charge is 2.48. The van der Waals surface area contributed by atoms with Crippen molar-refractivity contribution < 1.29 is 14.3 Å².